The molecule has 4 aliphatic carbocycles. The van der Waals surface area contributed by atoms with E-state index in [1.54, 1.807) is 0 Å². The van der Waals surface area contributed by atoms with Gasteiger partial charge in [0.2, 0.25) is 5.91 Å². The predicted molar refractivity (Wildman–Crippen MR) is 126 cm³/mol. The number of nitrogens with zero attached hydrogens (tertiary/aromatic N) is 2. The number of nitrogens with one attached hydrogen (secondary N) is 1. The van der Waals surface area contributed by atoms with Gasteiger partial charge in [-0.1, -0.05) is 30.3 Å². The quantitative estimate of drug-likeness (QED) is 0.710. The summed E-state index contributed by atoms with van der Waals surface area (Å²) in [6, 6.07) is 10.8. The second-order valence-electron chi connectivity index (χ2n) is 11.5. The second-order valence-corrected chi connectivity index (χ2v) is 11.5. The summed E-state index contributed by atoms with van der Waals surface area (Å²) in [6.45, 7) is 6.41. The average molecular weight is 424 g/mol. The van der Waals surface area contributed by atoms with E-state index in [0.29, 0.717) is 5.91 Å². The molecule has 0 radical (unpaired) electrons. The van der Waals surface area contributed by atoms with Crippen molar-refractivity contribution in [3.8, 4) is 0 Å². The van der Waals surface area contributed by atoms with Gasteiger partial charge in [0.15, 0.2) is 0 Å². The Morgan fingerprint density at radius 3 is 2.23 bits per heavy atom. The SMILES string of the molecule is CC(C(=O)NC12CC3CC(CC(C3)C1)C2)N1CCC(CN(C)Cc2ccccc2)CC1. The first kappa shape index (κ1) is 21.5. The summed E-state index contributed by atoms with van der Waals surface area (Å²) < 4.78 is 0. The van der Waals surface area contributed by atoms with Crippen LogP contribution in [-0.4, -0.2) is 54.0 Å². The highest BCUT2D eigenvalue weighted by Crippen LogP contribution is 2.55. The van der Waals surface area contributed by atoms with Gasteiger partial charge in [-0.05, 0) is 108 Å². The molecule has 4 nitrogen and oxygen atoms in total. The van der Waals surface area contributed by atoms with Gasteiger partial charge in [0, 0.05) is 18.6 Å². The maximum absolute atomic E-state index is 13.2. The molecule has 0 aromatic heterocycles. The number of piperidine rings is 1. The zero-order valence-corrected chi connectivity index (χ0v) is 19.6. The largest absolute Gasteiger partial charge is 0.349 e. The highest BCUT2D eigenvalue weighted by Gasteiger charge is 2.51. The molecule has 5 aliphatic rings. The van der Waals surface area contributed by atoms with Crippen LogP contribution in [0.25, 0.3) is 0 Å². The molecule has 1 amide bonds. The van der Waals surface area contributed by atoms with Gasteiger partial charge in [-0.3, -0.25) is 9.69 Å². The molecule has 1 aromatic rings. The molecule has 31 heavy (non-hydrogen) atoms. The van der Waals surface area contributed by atoms with Crippen LogP contribution in [0.15, 0.2) is 30.3 Å². The molecule has 6 rings (SSSR count). The first-order valence-electron chi connectivity index (χ1n) is 12.8. The first-order chi connectivity index (χ1) is 15.0. The number of benzene rings is 1. The minimum absolute atomic E-state index is 0.0102. The standard InChI is InChI=1S/C27H41N3O/c1-20(26(31)28-27-15-23-12-24(16-27)14-25(13-23)17-27)30-10-8-22(9-11-30)19-29(2)18-21-6-4-3-5-7-21/h3-7,20,22-25H,8-19H2,1-2H3,(H,28,31). The van der Waals surface area contributed by atoms with E-state index in [1.807, 2.05) is 0 Å². The van der Waals surface area contributed by atoms with Crippen molar-refractivity contribution in [1.82, 2.24) is 15.1 Å². The molecule has 1 saturated heterocycles. The molecule has 1 atom stereocenters. The molecular weight excluding hydrogens is 382 g/mol. The molecule has 0 spiro atoms. The van der Waals surface area contributed by atoms with E-state index in [1.165, 1.54) is 56.9 Å². The Hall–Kier alpha value is -1.39. The lowest BCUT2D eigenvalue weighted by Crippen LogP contribution is -2.62. The Kier molecular flexibility index (Phi) is 6.13. The van der Waals surface area contributed by atoms with Crippen molar-refractivity contribution in [2.24, 2.45) is 23.7 Å². The highest BCUT2D eigenvalue weighted by atomic mass is 16.2. The molecule has 1 unspecified atom stereocenters. The molecule has 4 bridgehead atoms. The summed E-state index contributed by atoms with van der Waals surface area (Å²) in [6.07, 6.45) is 10.4. The van der Waals surface area contributed by atoms with Crippen LogP contribution >= 0.6 is 0 Å². The van der Waals surface area contributed by atoms with E-state index in [2.05, 4.69) is 59.4 Å². The topological polar surface area (TPSA) is 35.6 Å². The van der Waals surface area contributed by atoms with Gasteiger partial charge in [0.1, 0.15) is 0 Å². The summed E-state index contributed by atoms with van der Waals surface area (Å²) in [5, 5.41) is 3.60. The van der Waals surface area contributed by atoms with Crippen LogP contribution in [0.1, 0.15) is 63.9 Å². The number of amides is 1. The monoisotopic (exact) mass is 423 g/mol. The summed E-state index contributed by atoms with van der Waals surface area (Å²) in [7, 11) is 2.24. The van der Waals surface area contributed by atoms with Gasteiger partial charge in [-0.2, -0.15) is 0 Å². The van der Waals surface area contributed by atoms with Gasteiger partial charge < -0.3 is 10.2 Å². The summed E-state index contributed by atoms with van der Waals surface area (Å²) in [5.41, 5.74) is 1.52. The Labute approximate surface area is 188 Å². The number of rotatable bonds is 7. The fraction of sp³-hybridized carbons (Fsp3) is 0.741. The van der Waals surface area contributed by atoms with Crippen LogP contribution in [0, 0.1) is 23.7 Å². The first-order valence-corrected chi connectivity index (χ1v) is 12.8. The van der Waals surface area contributed by atoms with E-state index in [9.17, 15) is 4.79 Å². The third kappa shape index (κ3) is 4.85. The van der Waals surface area contributed by atoms with E-state index in [0.717, 1.165) is 49.9 Å². The Bertz CT molecular complexity index is 720. The Morgan fingerprint density at radius 1 is 1.06 bits per heavy atom. The van der Waals surface area contributed by atoms with Gasteiger partial charge in [0.25, 0.3) is 0 Å². The lowest BCUT2D eigenvalue weighted by atomic mass is 9.53. The number of hydrogen-bond acceptors (Lipinski definition) is 3. The van der Waals surface area contributed by atoms with Gasteiger partial charge in [-0.25, -0.2) is 0 Å². The smallest absolute Gasteiger partial charge is 0.237 e. The normalized spacial score (nSPS) is 34.2. The van der Waals surface area contributed by atoms with E-state index in [4.69, 9.17) is 0 Å². The van der Waals surface area contributed by atoms with Gasteiger partial charge >= 0.3 is 0 Å². The highest BCUT2D eigenvalue weighted by molar-refractivity contribution is 5.82. The minimum atomic E-state index is 0.0102. The molecule has 1 N–H and O–H groups in total. The maximum Gasteiger partial charge on any atom is 0.237 e. The van der Waals surface area contributed by atoms with Crippen LogP contribution in [-0.2, 0) is 11.3 Å². The van der Waals surface area contributed by atoms with Crippen molar-refractivity contribution in [1.29, 1.82) is 0 Å². The molecule has 170 valence electrons. The average Bonchev–Trinajstić information content (AvgIpc) is 2.73. The second kappa shape index (κ2) is 8.86. The van der Waals surface area contributed by atoms with Crippen molar-refractivity contribution < 1.29 is 4.79 Å². The number of likely N-dealkylation sites (tertiary alicyclic amines) is 1. The van der Waals surface area contributed by atoms with Crippen molar-refractivity contribution in [2.45, 2.75) is 76.4 Å². The number of hydrogen-bond donors (Lipinski definition) is 1. The minimum Gasteiger partial charge on any atom is -0.349 e. The molecule has 1 heterocycles. The van der Waals surface area contributed by atoms with Gasteiger partial charge in [0.05, 0.1) is 6.04 Å². The number of carbonyl (C=O) groups excluding carboxylic acids is 1. The lowest BCUT2D eigenvalue weighted by molar-refractivity contribution is -0.132. The van der Waals surface area contributed by atoms with Gasteiger partial charge in [-0.15, -0.1) is 0 Å². The van der Waals surface area contributed by atoms with Crippen LogP contribution in [0.5, 0.6) is 0 Å². The number of carbonyl (C=O) groups is 1. The fourth-order valence-electron chi connectivity index (χ4n) is 7.72. The third-order valence-corrected chi connectivity index (χ3v) is 8.87. The van der Waals surface area contributed by atoms with Crippen LogP contribution in [0.3, 0.4) is 0 Å². The molecule has 1 aliphatic heterocycles. The van der Waals surface area contributed by atoms with Crippen molar-refractivity contribution in [3.63, 3.8) is 0 Å². The summed E-state index contributed by atoms with van der Waals surface area (Å²) >= 11 is 0. The van der Waals surface area contributed by atoms with Crippen LogP contribution in [0.4, 0.5) is 0 Å². The lowest BCUT2D eigenvalue weighted by Gasteiger charge is -2.57. The summed E-state index contributed by atoms with van der Waals surface area (Å²) in [4.78, 5) is 18.1. The Balaban J connectivity index is 1.08. The van der Waals surface area contributed by atoms with Crippen LogP contribution < -0.4 is 5.32 Å². The Morgan fingerprint density at radius 2 is 1.65 bits per heavy atom. The summed E-state index contributed by atoms with van der Waals surface area (Å²) in [5.74, 6) is 3.67. The van der Waals surface area contributed by atoms with E-state index < -0.39 is 0 Å². The van der Waals surface area contributed by atoms with Crippen molar-refractivity contribution >= 4 is 5.91 Å². The molecule has 1 aromatic carbocycles. The third-order valence-electron chi connectivity index (χ3n) is 8.87. The van der Waals surface area contributed by atoms with Crippen LogP contribution in [0.2, 0.25) is 0 Å². The van der Waals surface area contributed by atoms with Crippen molar-refractivity contribution in [2.75, 3.05) is 26.7 Å². The molecular formula is C27H41N3O. The predicted octanol–water partition coefficient (Wildman–Crippen LogP) is 4.30. The van der Waals surface area contributed by atoms with E-state index >= 15 is 0 Å². The molecule has 4 saturated carbocycles. The molecule has 4 heteroatoms. The van der Waals surface area contributed by atoms with Crippen molar-refractivity contribution in [3.05, 3.63) is 35.9 Å². The maximum atomic E-state index is 13.2. The van der Waals surface area contributed by atoms with E-state index in [-0.39, 0.29) is 11.6 Å². The zero-order chi connectivity index (χ0) is 21.4. The molecule has 5 fully saturated rings. The zero-order valence-electron chi connectivity index (χ0n) is 19.6. The fourth-order valence-corrected chi connectivity index (χ4v) is 7.72.